The van der Waals surface area contributed by atoms with E-state index in [1.54, 1.807) is 7.11 Å². The lowest BCUT2D eigenvalue weighted by atomic mass is 10.4. The smallest absolute Gasteiger partial charge is 0.0780 e. The molecule has 15 heavy (non-hydrogen) atoms. The zero-order chi connectivity index (χ0) is 11.4. The highest BCUT2D eigenvalue weighted by atomic mass is 16.5. The van der Waals surface area contributed by atoms with Crippen LogP contribution in [0.2, 0.25) is 0 Å². The highest BCUT2D eigenvalue weighted by Crippen LogP contribution is 1.89. The summed E-state index contributed by atoms with van der Waals surface area (Å²) in [6.45, 7) is 8.94. The van der Waals surface area contributed by atoms with E-state index in [4.69, 9.17) is 14.2 Å². The number of hydrogen-bond donors (Lipinski definition) is 1. The SMILES string of the molecule is CCOCCCNCCOC(C)COC. The molecule has 4 heteroatoms. The Balaban J connectivity index is 2.98. The van der Waals surface area contributed by atoms with Crippen molar-refractivity contribution < 1.29 is 14.2 Å². The quantitative estimate of drug-likeness (QED) is 0.527. The molecule has 0 aliphatic carbocycles. The fourth-order valence-electron chi connectivity index (χ4n) is 1.18. The van der Waals surface area contributed by atoms with Crippen molar-refractivity contribution in [2.24, 2.45) is 0 Å². The molecule has 0 rings (SSSR count). The van der Waals surface area contributed by atoms with E-state index in [9.17, 15) is 0 Å². The molecule has 0 heterocycles. The van der Waals surface area contributed by atoms with Crippen LogP contribution < -0.4 is 5.32 Å². The van der Waals surface area contributed by atoms with E-state index in [0.717, 1.165) is 39.3 Å². The van der Waals surface area contributed by atoms with Crippen molar-refractivity contribution in [2.75, 3.05) is 46.6 Å². The molecule has 1 atom stereocenters. The summed E-state index contributed by atoms with van der Waals surface area (Å²) in [5, 5.41) is 3.30. The van der Waals surface area contributed by atoms with E-state index in [1.165, 1.54) is 0 Å². The van der Waals surface area contributed by atoms with Crippen LogP contribution in [0.3, 0.4) is 0 Å². The van der Waals surface area contributed by atoms with Gasteiger partial charge in [0.1, 0.15) is 0 Å². The molecule has 0 bridgehead atoms. The highest BCUT2D eigenvalue weighted by Gasteiger charge is 1.99. The van der Waals surface area contributed by atoms with Crippen LogP contribution in [0, 0.1) is 0 Å². The maximum Gasteiger partial charge on any atom is 0.0780 e. The van der Waals surface area contributed by atoms with Crippen LogP contribution in [0.1, 0.15) is 20.3 Å². The predicted molar refractivity (Wildman–Crippen MR) is 61.3 cm³/mol. The number of rotatable bonds is 11. The van der Waals surface area contributed by atoms with Gasteiger partial charge in [-0.3, -0.25) is 0 Å². The van der Waals surface area contributed by atoms with Crippen molar-refractivity contribution in [3.8, 4) is 0 Å². The minimum Gasteiger partial charge on any atom is -0.382 e. The molecule has 4 nitrogen and oxygen atoms in total. The van der Waals surface area contributed by atoms with Crippen molar-refractivity contribution in [3.63, 3.8) is 0 Å². The second kappa shape index (κ2) is 11.9. The summed E-state index contributed by atoms with van der Waals surface area (Å²) in [4.78, 5) is 0. The highest BCUT2D eigenvalue weighted by molar-refractivity contribution is 4.50. The topological polar surface area (TPSA) is 39.7 Å². The van der Waals surface area contributed by atoms with E-state index in [2.05, 4.69) is 5.32 Å². The maximum atomic E-state index is 5.49. The van der Waals surface area contributed by atoms with Crippen LogP contribution in [0.15, 0.2) is 0 Å². The summed E-state index contributed by atoms with van der Waals surface area (Å²) in [5.74, 6) is 0. The van der Waals surface area contributed by atoms with Crippen molar-refractivity contribution in [2.45, 2.75) is 26.4 Å². The second-order valence-electron chi connectivity index (χ2n) is 3.44. The first-order valence-corrected chi connectivity index (χ1v) is 5.70. The average Bonchev–Trinajstić information content (AvgIpc) is 2.22. The van der Waals surface area contributed by atoms with E-state index in [1.807, 2.05) is 13.8 Å². The minimum atomic E-state index is 0.181. The van der Waals surface area contributed by atoms with Gasteiger partial charge in [-0.25, -0.2) is 0 Å². The lowest BCUT2D eigenvalue weighted by Crippen LogP contribution is -2.25. The zero-order valence-electron chi connectivity index (χ0n) is 10.3. The lowest BCUT2D eigenvalue weighted by Gasteiger charge is -2.12. The molecule has 0 aromatic rings. The zero-order valence-corrected chi connectivity index (χ0v) is 10.3. The van der Waals surface area contributed by atoms with Gasteiger partial charge in [0.25, 0.3) is 0 Å². The van der Waals surface area contributed by atoms with Gasteiger partial charge in [0, 0.05) is 26.9 Å². The van der Waals surface area contributed by atoms with Crippen LogP contribution in [-0.2, 0) is 14.2 Å². The molecule has 0 aromatic carbocycles. The van der Waals surface area contributed by atoms with Crippen molar-refractivity contribution in [1.82, 2.24) is 5.32 Å². The molecular formula is C11H25NO3. The lowest BCUT2D eigenvalue weighted by molar-refractivity contribution is 0.0106. The molecule has 0 amide bonds. The number of methoxy groups -OCH3 is 1. The van der Waals surface area contributed by atoms with Gasteiger partial charge < -0.3 is 19.5 Å². The molecule has 0 saturated carbocycles. The van der Waals surface area contributed by atoms with Crippen molar-refractivity contribution >= 4 is 0 Å². The second-order valence-corrected chi connectivity index (χ2v) is 3.44. The Kier molecular flexibility index (Phi) is 11.8. The van der Waals surface area contributed by atoms with Crippen LogP contribution in [-0.4, -0.2) is 52.7 Å². The van der Waals surface area contributed by atoms with E-state index < -0.39 is 0 Å². The molecule has 1 N–H and O–H groups in total. The van der Waals surface area contributed by atoms with Gasteiger partial charge in [0.15, 0.2) is 0 Å². The molecule has 0 aromatic heterocycles. The molecule has 0 fully saturated rings. The standard InChI is InChI=1S/C11H25NO3/c1-4-14-8-5-6-12-7-9-15-11(2)10-13-3/h11-12H,4-10H2,1-3H3. The Labute approximate surface area is 93.3 Å². The van der Waals surface area contributed by atoms with Gasteiger partial charge in [0.05, 0.1) is 19.3 Å². The summed E-state index contributed by atoms with van der Waals surface area (Å²) < 4.78 is 15.7. The predicted octanol–water partition coefficient (Wildman–Crippen LogP) is 1.05. The Morgan fingerprint density at radius 2 is 2.00 bits per heavy atom. The first-order chi connectivity index (χ1) is 7.31. The molecule has 0 aliphatic rings. The molecule has 0 saturated heterocycles. The van der Waals surface area contributed by atoms with Crippen molar-refractivity contribution in [1.29, 1.82) is 0 Å². The Morgan fingerprint density at radius 1 is 1.20 bits per heavy atom. The average molecular weight is 219 g/mol. The largest absolute Gasteiger partial charge is 0.382 e. The molecule has 0 spiro atoms. The molecule has 0 aliphatic heterocycles. The van der Waals surface area contributed by atoms with Crippen LogP contribution in [0.5, 0.6) is 0 Å². The summed E-state index contributed by atoms with van der Waals surface area (Å²) in [5.41, 5.74) is 0. The molecule has 0 radical (unpaired) electrons. The first kappa shape index (κ1) is 14.8. The summed E-state index contributed by atoms with van der Waals surface area (Å²) in [7, 11) is 1.69. The molecule has 92 valence electrons. The van der Waals surface area contributed by atoms with Crippen LogP contribution >= 0.6 is 0 Å². The van der Waals surface area contributed by atoms with Gasteiger partial charge in [-0.15, -0.1) is 0 Å². The number of ether oxygens (including phenoxy) is 3. The Hall–Kier alpha value is -0.160. The number of hydrogen-bond acceptors (Lipinski definition) is 4. The van der Waals surface area contributed by atoms with Gasteiger partial charge in [-0.05, 0) is 26.8 Å². The fraction of sp³-hybridized carbons (Fsp3) is 1.00. The van der Waals surface area contributed by atoms with Crippen LogP contribution in [0.4, 0.5) is 0 Å². The van der Waals surface area contributed by atoms with Gasteiger partial charge in [-0.2, -0.15) is 0 Å². The normalized spacial score (nSPS) is 13.0. The Bertz CT molecular complexity index is 122. The molecule has 1 unspecified atom stereocenters. The van der Waals surface area contributed by atoms with E-state index in [-0.39, 0.29) is 6.10 Å². The number of nitrogens with one attached hydrogen (secondary N) is 1. The van der Waals surface area contributed by atoms with Gasteiger partial charge in [-0.1, -0.05) is 0 Å². The summed E-state index contributed by atoms with van der Waals surface area (Å²) in [6.07, 6.45) is 1.24. The van der Waals surface area contributed by atoms with Crippen LogP contribution in [0.25, 0.3) is 0 Å². The first-order valence-electron chi connectivity index (χ1n) is 5.70. The third-order valence-corrected chi connectivity index (χ3v) is 1.93. The third kappa shape index (κ3) is 11.8. The maximum absolute atomic E-state index is 5.49. The monoisotopic (exact) mass is 219 g/mol. The minimum absolute atomic E-state index is 0.181. The van der Waals surface area contributed by atoms with Gasteiger partial charge in [0.2, 0.25) is 0 Å². The summed E-state index contributed by atoms with van der Waals surface area (Å²) in [6, 6.07) is 0. The molecular weight excluding hydrogens is 194 g/mol. The fourth-order valence-corrected chi connectivity index (χ4v) is 1.18. The summed E-state index contributed by atoms with van der Waals surface area (Å²) >= 11 is 0. The Morgan fingerprint density at radius 3 is 2.67 bits per heavy atom. The van der Waals surface area contributed by atoms with Crippen molar-refractivity contribution in [3.05, 3.63) is 0 Å². The third-order valence-electron chi connectivity index (χ3n) is 1.93. The van der Waals surface area contributed by atoms with E-state index >= 15 is 0 Å². The van der Waals surface area contributed by atoms with Gasteiger partial charge >= 0.3 is 0 Å². The van der Waals surface area contributed by atoms with E-state index in [0.29, 0.717) is 6.61 Å².